The predicted molar refractivity (Wildman–Crippen MR) is 89.9 cm³/mol. The summed E-state index contributed by atoms with van der Waals surface area (Å²) in [6.07, 6.45) is 0. The number of alkyl halides is 1. The lowest BCUT2D eigenvalue weighted by Crippen LogP contribution is -2.00. The molecule has 6 heteroatoms. The van der Waals surface area contributed by atoms with E-state index in [9.17, 15) is 4.39 Å². The van der Waals surface area contributed by atoms with Crippen molar-refractivity contribution in [2.75, 3.05) is 0 Å². The zero-order chi connectivity index (χ0) is 15.4. The van der Waals surface area contributed by atoms with Crippen molar-refractivity contribution >= 4 is 47.8 Å². The van der Waals surface area contributed by atoms with Crippen LogP contribution in [0.15, 0.2) is 39.3 Å². The van der Waals surface area contributed by atoms with Crippen molar-refractivity contribution in [2.24, 2.45) is 0 Å². The molecule has 0 heterocycles. The maximum absolute atomic E-state index is 13.3. The molecule has 0 N–H and O–H groups in total. The number of benzene rings is 2. The third-order valence-electron chi connectivity index (χ3n) is 2.77. The molecule has 2 nitrogen and oxygen atoms in total. The Morgan fingerprint density at radius 3 is 2.38 bits per heavy atom. The standard InChI is InChI=1S/C15H9Br3FNO/c16-6-9-3-13(17)15(14(18)4-9)21-8-11-5-12(19)2-1-10(11)7-20/h1-5H,6,8H2. The molecule has 0 saturated carbocycles. The van der Waals surface area contributed by atoms with Gasteiger partial charge in [0, 0.05) is 10.9 Å². The van der Waals surface area contributed by atoms with Crippen LogP contribution < -0.4 is 4.74 Å². The van der Waals surface area contributed by atoms with E-state index in [4.69, 9.17) is 10.00 Å². The van der Waals surface area contributed by atoms with Crippen LogP contribution in [0.2, 0.25) is 0 Å². The van der Waals surface area contributed by atoms with Gasteiger partial charge in [-0.15, -0.1) is 0 Å². The van der Waals surface area contributed by atoms with Gasteiger partial charge in [-0.1, -0.05) is 15.9 Å². The zero-order valence-electron chi connectivity index (χ0n) is 10.7. The van der Waals surface area contributed by atoms with Gasteiger partial charge in [-0.25, -0.2) is 4.39 Å². The molecule has 0 fully saturated rings. The first-order chi connectivity index (χ1) is 10.0. The van der Waals surface area contributed by atoms with E-state index >= 15 is 0 Å². The highest BCUT2D eigenvalue weighted by Gasteiger charge is 2.11. The van der Waals surface area contributed by atoms with Crippen molar-refractivity contribution in [2.45, 2.75) is 11.9 Å². The normalized spacial score (nSPS) is 10.2. The van der Waals surface area contributed by atoms with Crippen molar-refractivity contribution in [1.29, 1.82) is 5.26 Å². The second kappa shape index (κ2) is 7.39. The first-order valence-corrected chi connectivity index (χ1v) is 8.61. The Bertz CT molecular complexity index is 690. The van der Waals surface area contributed by atoms with Crippen LogP contribution in [0.3, 0.4) is 0 Å². The van der Waals surface area contributed by atoms with Gasteiger partial charge >= 0.3 is 0 Å². The molecule has 0 saturated heterocycles. The Hall–Kier alpha value is -0.900. The highest BCUT2D eigenvalue weighted by molar-refractivity contribution is 9.11. The van der Waals surface area contributed by atoms with E-state index in [2.05, 4.69) is 47.8 Å². The van der Waals surface area contributed by atoms with Gasteiger partial charge in [0.25, 0.3) is 0 Å². The molecule has 2 rings (SSSR count). The topological polar surface area (TPSA) is 33.0 Å². The average molecular weight is 478 g/mol. The number of hydrogen-bond acceptors (Lipinski definition) is 2. The fraction of sp³-hybridized carbons (Fsp3) is 0.133. The monoisotopic (exact) mass is 475 g/mol. The minimum Gasteiger partial charge on any atom is -0.486 e. The van der Waals surface area contributed by atoms with Crippen molar-refractivity contribution in [3.63, 3.8) is 0 Å². The van der Waals surface area contributed by atoms with Gasteiger partial charge in [-0.3, -0.25) is 0 Å². The number of nitrogens with zero attached hydrogens (tertiary/aromatic N) is 1. The molecule has 108 valence electrons. The van der Waals surface area contributed by atoms with Crippen LogP contribution >= 0.6 is 47.8 Å². The molecule has 0 radical (unpaired) electrons. The minimum atomic E-state index is -0.389. The predicted octanol–water partition coefficient (Wildman–Crippen LogP) is 5.70. The van der Waals surface area contributed by atoms with Crippen LogP contribution in [-0.4, -0.2) is 0 Å². The smallest absolute Gasteiger partial charge is 0.148 e. The lowest BCUT2D eigenvalue weighted by Gasteiger charge is -2.12. The highest BCUT2D eigenvalue weighted by Crippen LogP contribution is 2.36. The lowest BCUT2D eigenvalue weighted by molar-refractivity contribution is 0.301. The number of nitriles is 1. The van der Waals surface area contributed by atoms with E-state index < -0.39 is 0 Å². The molecule has 2 aromatic carbocycles. The summed E-state index contributed by atoms with van der Waals surface area (Å²) in [5.74, 6) is 0.230. The number of halogens is 4. The Morgan fingerprint density at radius 1 is 1.14 bits per heavy atom. The van der Waals surface area contributed by atoms with Gasteiger partial charge in [-0.2, -0.15) is 5.26 Å². The van der Waals surface area contributed by atoms with E-state index in [-0.39, 0.29) is 12.4 Å². The van der Waals surface area contributed by atoms with E-state index in [0.29, 0.717) is 16.9 Å². The summed E-state index contributed by atoms with van der Waals surface area (Å²) in [7, 11) is 0. The van der Waals surface area contributed by atoms with Crippen LogP contribution in [0.25, 0.3) is 0 Å². The van der Waals surface area contributed by atoms with E-state index in [1.165, 1.54) is 18.2 Å². The molecular formula is C15H9Br3FNO. The Morgan fingerprint density at radius 2 is 1.81 bits per heavy atom. The summed E-state index contributed by atoms with van der Waals surface area (Å²) in [6.45, 7) is 0.117. The second-order valence-electron chi connectivity index (χ2n) is 4.22. The summed E-state index contributed by atoms with van der Waals surface area (Å²) in [4.78, 5) is 0. The average Bonchev–Trinajstić information content (AvgIpc) is 2.46. The molecule has 0 atom stereocenters. The minimum absolute atomic E-state index is 0.117. The first-order valence-electron chi connectivity index (χ1n) is 5.90. The number of rotatable bonds is 4. The summed E-state index contributed by atoms with van der Waals surface area (Å²) in [5, 5.41) is 9.76. The summed E-state index contributed by atoms with van der Waals surface area (Å²) in [6, 6.07) is 9.93. The van der Waals surface area contributed by atoms with Gasteiger partial charge in [0.1, 0.15) is 18.2 Å². The van der Waals surface area contributed by atoms with Gasteiger partial charge < -0.3 is 4.74 Å². The lowest BCUT2D eigenvalue weighted by atomic mass is 10.1. The van der Waals surface area contributed by atoms with Crippen molar-refractivity contribution in [1.82, 2.24) is 0 Å². The van der Waals surface area contributed by atoms with Gasteiger partial charge in [0.2, 0.25) is 0 Å². The third kappa shape index (κ3) is 4.06. The molecule has 2 aromatic rings. The van der Waals surface area contributed by atoms with E-state index in [0.717, 1.165) is 19.8 Å². The fourth-order valence-corrected chi connectivity index (χ4v) is 3.60. The fourth-order valence-electron chi connectivity index (χ4n) is 1.77. The highest BCUT2D eigenvalue weighted by atomic mass is 79.9. The molecule has 0 spiro atoms. The number of ether oxygens (including phenoxy) is 1. The largest absolute Gasteiger partial charge is 0.486 e. The van der Waals surface area contributed by atoms with Crippen molar-refractivity contribution < 1.29 is 9.13 Å². The van der Waals surface area contributed by atoms with Crippen LogP contribution in [-0.2, 0) is 11.9 Å². The Labute approximate surface area is 147 Å². The molecule has 0 aliphatic heterocycles. The molecule has 21 heavy (non-hydrogen) atoms. The second-order valence-corrected chi connectivity index (χ2v) is 6.49. The third-order valence-corrected chi connectivity index (χ3v) is 4.60. The molecule has 0 aliphatic carbocycles. The maximum atomic E-state index is 13.3. The van der Waals surface area contributed by atoms with Gasteiger partial charge in [0.05, 0.1) is 20.6 Å². The molecule has 0 aliphatic rings. The van der Waals surface area contributed by atoms with Crippen molar-refractivity contribution in [3.05, 3.63) is 61.8 Å². The summed E-state index contributed by atoms with van der Waals surface area (Å²) < 4.78 is 20.6. The SMILES string of the molecule is N#Cc1ccc(F)cc1COc1c(Br)cc(CBr)cc1Br. The summed E-state index contributed by atoms with van der Waals surface area (Å²) in [5.41, 5.74) is 2.01. The van der Waals surface area contributed by atoms with Crippen LogP contribution in [0.5, 0.6) is 5.75 Å². The van der Waals surface area contributed by atoms with Gasteiger partial charge in [-0.05, 0) is 67.8 Å². The molecule has 0 unspecified atom stereocenters. The van der Waals surface area contributed by atoms with Crippen LogP contribution in [0, 0.1) is 17.1 Å². The maximum Gasteiger partial charge on any atom is 0.148 e. The van der Waals surface area contributed by atoms with Crippen LogP contribution in [0.4, 0.5) is 4.39 Å². The van der Waals surface area contributed by atoms with Crippen molar-refractivity contribution in [3.8, 4) is 11.8 Å². The first kappa shape index (κ1) is 16.5. The zero-order valence-corrected chi connectivity index (χ0v) is 15.4. The van der Waals surface area contributed by atoms with Gasteiger partial charge in [0.15, 0.2) is 0 Å². The Kier molecular flexibility index (Phi) is 5.80. The van der Waals surface area contributed by atoms with Crippen LogP contribution in [0.1, 0.15) is 16.7 Å². The molecule has 0 bridgehead atoms. The Balaban J connectivity index is 2.25. The molecular weight excluding hydrogens is 469 g/mol. The molecule has 0 aromatic heterocycles. The summed E-state index contributed by atoms with van der Waals surface area (Å²) >= 11 is 10.3. The quantitative estimate of drug-likeness (QED) is 0.529. The molecule has 0 amide bonds. The number of hydrogen-bond donors (Lipinski definition) is 0. The van der Waals surface area contributed by atoms with E-state index in [1.807, 2.05) is 18.2 Å². The van der Waals surface area contributed by atoms with E-state index in [1.54, 1.807) is 0 Å².